The molecule has 3 fully saturated rings. The van der Waals surface area contributed by atoms with Crippen LogP contribution in [0.15, 0.2) is 23.8 Å². The topological polar surface area (TPSA) is 134 Å². The van der Waals surface area contributed by atoms with Gasteiger partial charge in [-0.1, -0.05) is 0 Å². The van der Waals surface area contributed by atoms with E-state index in [9.17, 15) is 14.4 Å². The maximum Gasteiger partial charge on any atom is 0.407 e. The Morgan fingerprint density at radius 1 is 1.03 bits per heavy atom. The molecule has 0 spiro atoms. The number of hydrogen-bond donors (Lipinski definition) is 2. The number of aromatic nitrogens is 4. The van der Waals surface area contributed by atoms with Crippen molar-refractivity contribution < 1.29 is 19.1 Å². The van der Waals surface area contributed by atoms with Crippen LogP contribution in [0.1, 0.15) is 42.6 Å². The Morgan fingerprint density at radius 2 is 1.79 bits per heavy atom. The average molecular weight is 539 g/mol. The Kier molecular flexibility index (Phi) is 6.60. The first kappa shape index (κ1) is 24.6. The van der Waals surface area contributed by atoms with Crippen LogP contribution in [-0.2, 0) is 9.53 Å². The van der Waals surface area contributed by atoms with Crippen molar-refractivity contribution in [2.45, 2.75) is 44.2 Å². The van der Waals surface area contributed by atoms with E-state index < -0.39 is 6.09 Å². The number of thiazole rings is 1. The van der Waals surface area contributed by atoms with Gasteiger partial charge >= 0.3 is 6.09 Å². The first-order chi connectivity index (χ1) is 18.5. The summed E-state index contributed by atoms with van der Waals surface area (Å²) in [5.74, 6) is 1.26. The molecule has 13 heteroatoms. The predicted octanol–water partition coefficient (Wildman–Crippen LogP) is 2.24. The van der Waals surface area contributed by atoms with Crippen LogP contribution < -0.4 is 10.6 Å². The normalized spacial score (nSPS) is 20.1. The zero-order chi connectivity index (χ0) is 26.2. The predicted molar refractivity (Wildman–Crippen MR) is 140 cm³/mol. The van der Waals surface area contributed by atoms with Crippen LogP contribution in [0, 0.1) is 5.92 Å². The van der Waals surface area contributed by atoms with Gasteiger partial charge in [0, 0.05) is 61.8 Å². The summed E-state index contributed by atoms with van der Waals surface area (Å²) in [4.78, 5) is 51.6. The van der Waals surface area contributed by atoms with Crippen molar-refractivity contribution in [1.82, 2.24) is 34.7 Å². The Bertz CT molecular complexity index is 1360. The molecule has 38 heavy (non-hydrogen) atoms. The smallest absolute Gasteiger partial charge is 0.407 e. The summed E-state index contributed by atoms with van der Waals surface area (Å²) in [5.41, 5.74) is 1.06. The minimum Gasteiger partial charge on any atom is -0.453 e. The standard InChI is InChI=1S/C25H30N8O4S/c1-37-25(36)28-16-4-7-31(8-5-16)23(35)19-12-20(27-17-6-9-32(14-17)22(34)15-2-3-15)30-21(29-19)18-13-26-33-10-11-38-24(18)33/h10-13,15-17H,2-9,14H2,1H3,(H,28,36)(H,27,29,30)/t17-/m1/s1. The molecule has 12 nitrogen and oxygen atoms in total. The van der Waals surface area contributed by atoms with Gasteiger partial charge in [-0.3, -0.25) is 9.59 Å². The molecule has 200 valence electrons. The zero-order valence-corrected chi connectivity index (χ0v) is 21.9. The molecule has 3 amide bonds. The van der Waals surface area contributed by atoms with Crippen molar-refractivity contribution in [2.24, 2.45) is 5.92 Å². The highest BCUT2D eigenvalue weighted by molar-refractivity contribution is 7.16. The number of carbonyl (C=O) groups excluding carboxylic acids is 3. The van der Waals surface area contributed by atoms with Crippen LogP contribution in [-0.4, -0.2) is 92.7 Å². The molecule has 2 aliphatic heterocycles. The van der Waals surface area contributed by atoms with Crippen LogP contribution in [0.3, 0.4) is 0 Å². The van der Waals surface area contributed by atoms with Gasteiger partial charge in [-0.15, -0.1) is 11.3 Å². The molecule has 5 heterocycles. The lowest BCUT2D eigenvalue weighted by atomic mass is 10.0. The lowest BCUT2D eigenvalue weighted by molar-refractivity contribution is -0.131. The van der Waals surface area contributed by atoms with E-state index >= 15 is 0 Å². The number of alkyl carbamates (subject to hydrolysis) is 1. The highest BCUT2D eigenvalue weighted by Crippen LogP contribution is 2.33. The quantitative estimate of drug-likeness (QED) is 0.488. The fourth-order valence-corrected chi connectivity index (χ4v) is 5.91. The summed E-state index contributed by atoms with van der Waals surface area (Å²) in [5, 5.41) is 12.6. The van der Waals surface area contributed by atoms with Crippen molar-refractivity contribution in [3.8, 4) is 11.4 Å². The van der Waals surface area contributed by atoms with Gasteiger partial charge in [0.1, 0.15) is 16.3 Å². The number of carbonyl (C=O) groups is 3. The number of piperidine rings is 1. The second-order valence-electron chi connectivity index (χ2n) is 10.1. The lowest BCUT2D eigenvalue weighted by Gasteiger charge is -2.32. The van der Waals surface area contributed by atoms with Crippen LogP contribution in [0.5, 0.6) is 0 Å². The Labute approximate surface area is 223 Å². The molecular weight excluding hydrogens is 508 g/mol. The van der Waals surface area contributed by atoms with Crippen LogP contribution in [0.4, 0.5) is 10.6 Å². The number of rotatable bonds is 6. The first-order valence-corrected chi connectivity index (χ1v) is 13.9. The van der Waals surface area contributed by atoms with E-state index in [1.54, 1.807) is 21.7 Å². The average Bonchev–Trinajstić information content (AvgIpc) is 3.29. The third-order valence-electron chi connectivity index (χ3n) is 7.39. The number of nitrogens with one attached hydrogen (secondary N) is 2. The van der Waals surface area contributed by atoms with Crippen LogP contribution in [0.2, 0.25) is 0 Å². The summed E-state index contributed by atoms with van der Waals surface area (Å²) >= 11 is 1.53. The van der Waals surface area contributed by atoms with Gasteiger partial charge in [0.15, 0.2) is 5.82 Å². The Morgan fingerprint density at radius 3 is 2.55 bits per heavy atom. The van der Waals surface area contributed by atoms with Gasteiger partial charge in [0.05, 0.1) is 18.9 Å². The van der Waals surface area contributed by atoms with Gasteiger partial charge in [-0.2, -0.15) is 5.10 Å². The van der Waals surface area contributed by atoms with Crippen molar-refractivity contribution >= 4 is 39.9 Å². The van der Waals surface area contributed by atoms with E-state index in [2.05, 4.69) is 25.5 Å². The second kappa shape index (κ2) is 10.2. The number of hydrogen-bond acceptors (Lipinski definition) is 9. The number of fused-ring (bicyclic) bond motifs is 1. The summed E-state index contributed by atoms with van der Waals surface area (Å²) in [7, 11) is 1.34. The molecular formula is C25H30N8O4S. The molecule has 0 unspecified atom stereocenters. The number of anilines is 1. The maximum atomic E-state index is 13.6. The van der Waals surface area contributed by atoms with Crippen molar-refractivity contribution in [2.75, 3.05) is 38.6 Å². The molecule has 1 saturated carbocycles. The lowest BCUT2D eigenvalue weighted by Crippen LogP contribution is -2.46. The van der Waals surface area contributed by atoms with E-state index in [1.165, 1.54) is 18.4 Å². The van der Waals surface area contributed by atoms with E-state index in [0.717, 1.165) is 36.2 Å². The number of amides is 3. The number of likely N-dealkylation sites (tertiary alicyclic amines) is 2. The van der Waals surface area contributed by atoms with Crippen LogP contribution in [0.25, 0.3) is 16.2 Å². The van der Waals surface area contributed by atoms with Crippen molar-refractivity contribution in [3.05, 3.63) is 29.5 Å². The first-order valence-electron chi connectivity index (χ1n) is 13.0. The molecule has 1 aliphatic carbocycles. The number of nitrogens with zero attached hydrogens (tertiary/aromatic N) is 6. The molecule has 1 atom stereocenters. The summed E-state index contributed by atoms with van der Waals surface area (Å²) in [6.07, 6.45) is 7.20. The Hall–Kier alpha value is -3.74. The third kappa shape index (κ3) is 5.02. The summed E-state index contributed by atoms with van der Waals surface area (Å²) in [6.45, 7) is 2.35. The monoisotopic (exact) mass is 538 g/mol. The molecule has 0 bridgehead atoms. The highest BCUT2D eigenvalue weighted by Gasteiger charge is 2.37. The molecule has 2 N–H and O–H groups in total. The Balaban J connectivity index is 1.22. The third-order valence-corrected chi connectivity index (χ3v) is 8.27. The molecule has 3 aromatic rings. The minimum atomic E-state index is -0.462. The van der Waals surface area contributed by atoms with E-state index in [0.29, 0.717) is 49.8 Å². The molecule has 0 radical (unpaired) electrons. The fraction of sp³-hybridized carbons (Fsp3) is 0.520. The molecule has 0 aromatic carbocycles. The van der Waals surface area contributed by atoms with Gasteiger partial charge < -0.3 is 25.2 Å². The summed E-state index contributed by atoms with van der Waals surface area (Å²) in [6, 6.07) is 1.72. The molecule has 2 saturated heterocycles. The largest absolute Gasteiger partial charge is 0.453 e. The van der Waals surface area contributed by atoms with Gasteiger partial charge in [-0.25, -0.2) is 19.3 Å². The van der Waals surface area contributed by atoms with Gasteiger partial charge in [0.25, 0.3) is 5.91 Å². The maximum absolute atomic E-state index is 13.6. The minimum absolute atomic E-state index is 0.0344. The summed E-state index contributed by atoms with van der Waals surface area (Å²) < 4.78 is 6.46. The zero-order valence-electron chi connectivity index (χ0n) is 21.1. The van der Waals surface area contributed by atoms with E-state index in [-0.39, 0.29) is 29.8 Å². The number of methoxy groups -OCH3 is 1. The van der Waals surface area contributed by atoms with E-state index in [4.69, 9.17) is 4.98 Å². The van der Waals surface area contributed by atoms with E-state index in [1.807, 2.05) is 16.5 Å². The molecule has 6 rings (SSSR count). The van der Waals surface area contributed by atoms with Gasteiger partial charge in [-0.05, 0) is 32.1 Å². The second-order valence-corrected chi connectivity index (χ2v) is 11.0. The SMILES string of the molecule is COC(=O)NC1CCN(C(=O)c2cc(N[C@@H]3CCN(C(=O)C4CC4)C3)nc(-c3cnn4ccsc34)n2)CC1. The van der Waals surface area contributed by atoms with Gasteiger partial charge in [0.2, 0.25) is 5.91 Å². The fourth-order valence-electron chi connectivity index (χ4n) is 5.12. The molecule has 3 aliphatic rings. The van der Waals surface area contributed by atoms with Crippen LogP contribution >= 0.6 is 11.3 Å². The highest BCUT2D eigenvalue weighted by atomic mass is 32.1. The molecule has 3 aromatic heterocycles. The number of ether oxygens (including phenoxy) is 1. The van der Waals surface area contributed by atoms with Crippen molar-refractivity contribution in [3.63, 3.8) is 0 Å². The van der Waals surface area contributed by atoms with Crippen molar-refractivity contribution in [1.29, 1.82) is 0 Å².